The first-order valence-corrected chi connectivity index (χ1v) is 6.20. The van der Waals surface area contributed by atoms with E-state index in [-0.39, 0.29) is 5.41 Å². The number of hydrogen-bond donors (Lipinski definition) is 1. The molecule has 0 aromatic rings. The molecule has 4 nitrogen and oxygen atoms in total. The molecule has 0 aliphatic carbocycles. The van der Waals surface area contributed by atoms with Crippen LogP contribution in [-0.2, 0) is 9.53 Å². The standard InChI is InChI=1S/C12H22N2O2/c1-10-4-3-7-14(10)11(15)12(9-16-2)5-6-13-8-12/h10,13H,3-9H2,1-2H3. The molecule has 0 saturated carbocycles. The van der Waals surface area contributed by atoms with Gasteiger partial charge in [-0.1, -0.05) is 0 Å². The fourth-order valence-electron chi connectivity index (χ4n) is 2.93. The highest BCUT2D eigenvalue weighted by molar-refractivity contribution is 5.84. The quantitative estimate of drug-likeness (QED) is 0.767. The average Bonchev–Trinajstić information content (AvgIpc) is 2.87. The van der Waals surface area contributed by atoms with E-state index >= 15 is 0 Å². The van der Waals surface area contributed by atoms with Gasteiger partial charge < -0.3 is 15.0 Å². The van der Waals surface area contributed by atoms with Crippen LogP contribution in [0.1, 0.15) is 26.2 Å². The molecule has 2 atom stereocenters. The Bertz CT molecular complexity index is 262. The molecule has 0 bridgehead atoms. The van der Waals surface area contributed by atoms with Crippen molar-refractivity contribution >= 4 is 5.91 Å². The van der Waals surface area contributed by atoms with Crippen molar-refractivity contribution in [3.05, 3.63) is 0 Å². The van der Waals surface area contributed by atoms with Gasteiger partial charge in [-0.25, -0.2) is 0 Å². The summed E-state index contributed by atoms with van der Waals surface area (Å²) in [6, 6.07) is 0.404. The van der Waals surface area contributed by atoms with Gasteiger partial charge in [0.1, 0.15) is 0 Å². The van der Waals surface area contributed by atoms with E-state index in [0.29, 0.717) is 18.6 Å². The molecule has 1 amide bonds. The second-order valence-electron chi connectivity index (χ2n) is 5.13. The number of carbonyl (C=O) groups is 1. The van der Waals surface area contributed by atoms with E-state index in [4.69, 9.17) is 4.74 Å². The van der Waals surface area contributed by atoms with E-state index in [1.165, 1.54) is 0 Å². The SMILES string of the molecule is COCC1(C(=O)N2CCCC2C)CCNC1. The Morgan fingerprint density at radius 3 is 2.94 bits per heavy atom. The number of carbonyl (C=O) groups excluding carboxylic acids is 1. The maximum Gasteiger partial charge on any atom is 0.232 e. The molecule has 2 heterocycles. The first kappa shape index (κ1) is 11.9. The molecule has 0 aromatic carbocycles. The fraction of sp³-hybridized carbons (Fsp3) is 0.917. The van der Waals surface area contributed by atoms with E-state index < -0.39 is 0 Å². The Morgan fingerprint density at radius 1 is 1.62 bits per heavy atom. The number of hydrogen-bond acceptors (Lipinski definition) is 3. The van der Waals surface area contributed by atoms with Gasteiger partial charge in [-0.05, 0) is 32.7 Å². The van der Waals surface area contributed by atoms with E-state index in [0.717, 1.165) is 38.9 Å². The summed E-state index contributed by atoms with van der Waals surface area (Å²) in [4.78, 5) is 14.6. The Balaban J connectivity index is 2.10. The van der Waals surface area contributed by atoms with Crippen LogP contribution in [0.2, 0.25) is 0 Å². The lowest BCUT2D eigenvalue weighted by molar-refractivity contribution is -0.144. The van der Waals surface area contributed by atoms with Gasteiger partial charge in [-0.3, -0.25) is 4.79 Å². The van der Waals surface area contributed by atoms with Gasteiger partial charge in [-0.15, -0.1) is 0 Å². The van der Waals surface area contributed by atoms with Gasteiger partial charge in [-0.2, -0.15) is 0 Å². The van der Waals surface area contributed by atoms with Gasteiger partial charge in [0.2, 0.25) is 5.91 Å². The number of ether oxygens (including phenoxy) is 1. The molecule has 2 fully saturated rings. The number of nitrogens with zero attached hydrogens (tertiary/aromatic N) is 1. The zero-order valence-corrected chi connectivity index (χ0v) is 10.3. The fourth-order valence-corrected chi connectivity index (χ4v) is 2.93. The van der Waals surface area contributed by atoms with Crippen LogP contribution in [0.15, 0.2) is 0 Å². The van der Waals surface area contributed by atoms with Crippen molar-refractivity contribution < 1.29 is 9.53 Å². The van der Waals surface area contributed by atoms with Crippen molar-refractivity contribution in [3.8, 4) is 0 Å². The van der Waals surface area contributed by atoms with Crippen molar-refractivity contribution in [1.29, 1.82) is 0 Å². The van der Waals surface area contributed by atoms with Crippen LogP contribution >= 0.6 is 0 Å². The Morgan fingerprint density at radius 2 is 2.44 bits per heavy atom. The second-order valence-corrected chi connectivity index (χ2v) is 5.13. The summed E-state index contributed by atoms with van der Waals surface area (Å²) in [7, 11) is 1.68. The molecule has 2 aliphatic rings. The molecule has 16 heavy (non-hydrogen) atoms. The first-order chi connectivity index (χ1) is 7.69. The Kier molecular flexibility index (Phi) is 3.50. The molecule has 4 heteroatoms. The molecule has 2 rings (SSSR count). The molecule has 0 spiro atoms. The van der Waals surface area contributed by atoms with Crippen LogP contribution in [-0.4, -0.2) is 50.2 Å². The molecular formula is C12H22N2O2. The molecular weight excluding hydrogens is 204 g/mol. The number of likely N-dealkylation sites (tertiary alicyclic amines) is 1. The monoisotopic (exact) mass is 226 g/mol. The number of methoxy groups -OCH3 is 1. The van der Waals surface area contributed by atoms with Crippen LogP contribution in [0.3, 0.4) is 0 Å². The van der Waals surface area contributed by atoms with Crippen molar-refractivity contribution in [3.63, 3.8) is 0 Å². The summed E-state index contributed by atoms with van der Waals surface area (Å²) in [5.41, 5.74) is -0.298. The zero-order valence-electron chi connectivity index (χ0n) is 10.3. The Hall–Kier alpha value is -0.610. The maximum atomic E-state index is 12.6. The molecule has 2 saturated heterocycles. The number of amides is 1. The lowest BCUT2D eigenvalue weighted by Gasteiger charge is -2.33. The molecule has 1 N–H and O–H groups in total. The second kappa shape index (κ2) is 4.72. The van der Waals surface area contributed by atoms with Gasteiger partial charge in [0.05, 0.1) is 12.0 Å². The summed E-state index contributed by atoms with van der Waals surface area (Å²) >= 11 is 0. The van der Waals surface area contributed by atoms with Crippen molar-refractivity contribution in [2.45, 2.75) is 32.2 Å². The lowest BCUT2D eigenvalue weighted by Crippen LogP contribution is -2.48. The third-order valence-corrected chi connectivity index (χ3v) is 3.93. The summed E-state index contributed by atoms with van der Waals surface area (Å²) in [5.74, 6) is 0.296. The van der Waals surface area contributed by atoms with Crippen LogP contribution in [0, 0.1) is 5.41 Å². The lowest BCUT2D eigenvalue weighted by atomic mass is 9.86. The minimum atomic E-state index is -0.298. The van der Waals surface area contributed by atoms with E-state index in [2.05, 4.69) is 12.2 Å². The topological polar surface area (TPSA) is 41.6 Å². The highest BCUT2D eigenvalue weighted by atomic mass is 16.5. The molecule has 92 valence electrons. The highest BCUT2D eigenvalue weighted by Crippen LogP contribution is 2.31. The van der Waals surface area contributed by atoms with Gasteiger partial charge >= 0.3 is 0 Å². The minimum absolute atomic E-state index is 0.296. The maximum absolute atomic E-state index is 12.6. The average molecular weight is 226 g/mol. The van der Waals surface area contributed by atoms with Crippen LogP contribution in [0.25, 0.3) is 0 Å². The number of rotatable bonds is 3. The smallest absolute Gasteiger partial charge is 0.232 e. The van der Waals surface area contributed by atoms with E-state index in [1.54, 1.807) is 7.11 Å². The zero-order chi connectivity index (χ0) is 11.6. The van der Waals surface area contributed by atoms with E-state index in [9.17, 15) is 4.79 Å². The third kappa shape index (κ3) is 1.96. The summed E-state index contributed by atoms with van der Waals surface area (Å²) in [6.45, 7) is 5.31. The van der Waals surface area contributed by atoms with Crippen molar-refractivity contribution in [2.24, 2.45) is 5.41 Å². The largest absolute Gasteiger partial charge is 0.384 e. The third-order valence-electron chi connectivity index (χ3n) is 3.93. The predicted octanol–water partition coefficient (Wildman–Crippen LogP) is 0.623. The minimum Gasteiger partial charge on any atom is -0.384 e. The van der Waals surface area contributed by atoms with Crippen molar-refractivity contribution in [2.75, 3.05) is 33.4 Å². The molecule has 2 aliphatic heterocycles. The van der Waals surface area contributed by atoms with E-state index in [1.807, 2.05) is 4.90 Å². The van der Waals surface area contributed by atoms with Crippen LogP contribution in [0.5, 0.6) is 0 Å². The first-order valence-electron chi connectivity index (χ1n) is 6.20. The van der Waals surface area contributed by atoms with Gasteiger partial charge in [0, 0.05) is 26.2 Å². The highest BCUT2D eigenvalue weighted by Gasteiger charge is 2.45. The van der Waals surface area contributed by atoms with Gasteiger partial charge in [0.15, 0.2) is 0 Å². The predicted molar refractivity (Wildman–Crippen MR) is 62.2 cm³/mol. The summed E-state index contributed by atoms with van der Waals surface area (Å²) < 4.78 is 5.26. The molecule has 0 aromatic heterocycles. The van der Waals surface area contributed by atoms with Crippen molar-refractivity contribution in [1.82, 2.24) is 10.2 Å². The normalized spacial score (nSPS) is 34.6. The number of nitrogens with one attached hydrogen (secondary N) is 1. The Labute approximate surface area is 97.3 Å². The summed E-state index contributed by atoms with van der Waals surface area (Å²) in [6.07, 6.45) is 3.19. The molecule has 2 unspecified atom stereocenters. The van der Waals surface area contributed by atoms with Gasteiger partial charge in [0.25, 0.3) is 0 Å². The van der Waals surface area contributed by atoms with Crippen LogP contribution < -0.4 is 5.32 Å². The van der Waals surface area contributed by atoms with Crippen LogP contribution in [0.4, 0.5) is 0 Å². The molecule has 0 radical (unpaired) electrons. The summed E-state index contributed by atoms with van der Waals surface area (Å²) in [5, 5.41) is 3.29.